The number of hydrogen-bond acceptors (Lipinski definition) is 3. The van der Waals surface area contributed by atoms with Crippen LogP contribution >= 0.6 is 11.8 Å². The summed E-state index contributed by atoms with van der Waals surface area (Å²) in [5, 5.41) is 2.93. The number of imidazole rings is 1. The summed E-state index contributed by atoms with van der Waals surface area (Å²) in [5.74, 6) is 0.789. The van der Waals surface area contributed by atoms with Crippen molar-refractivity contribution in [2.24, 2.45) is 0 Å². The number of anilines is 1. The molecule has 0 unspecified atom stereocenters. The van der Waals surface area contributed by atoms with Gasteiger partial charge in [0.15, 0.2) is 0 Å². The zero-order valence-electron chi connectivity index (χ0n) is 12.5. The van der Waals surface area contributed by atoms with Crippen molar-refractivity contribution in [2.45, 2.75) is 18.4 Å². The highest BCUT2D eigenvalue weighted by Gasteiger charge is 2.10. The summed E-state index contributed by atoms with van der Waals surface area (Å²) in [6, 6.07) is 15.7. The van der Waals surface area contributed by atoms with Gasteiger partial charge in [-0.05, 0) is 49.6 Å². The topological polar surface area (TPSA) is 46.9 Å². The first-order chi connectivity index (χ1) is 10.7. The van der Waals surface area contributed by atoms with Gasteiger partial charge in [-0.3, -0.25) is 4.79 Å². The van der Waals surface area contributed by atoms with Gasteiger partial charge in [0.1, 0.15) is 12.4 Å². The summed E-state index contributed by atoms with van der Waals surface area (Å²) in [5.41, 5.74) is 2.70. The van der Waals surface area contributed by atoms with E-state index in [4.69, 9.17) is 0 Å². The van der Waals surface area contributed by atoms with Gasteiger partial charge in [-0.15, -0.1) is 11.8 Å². The van der Waals surface area contributed by atoms with Crippen molar-refractivity contribution in [1.29, 1.82) is 0 Å². The molecule has 0 saturated heterocycles. The number of carbonyl (C=O) groups excluding carboxylic acids is 1. The minimum absolute atomic E-state index is 0.0526. The monoisotopic (exact) mass is 311 g/mol. The molecular weight excluding hydrogens is 294 g/mol. The Kier molecular flexibility index (Phi) is 4.15. The highest BCUT2D eigenvalue weighted by atomic mass is 32.2. The Labute approximate surface area is 133 Å². The first-order valence-corrected chi connectivity index (χ1v) is 8.25. The molecule has 2 aromatic carbocycles. The number of amides is 1. The van der Waals surface area contributed by atoms with E-state index in [2.05, 4.69) is 10.3 Å². The summed E-state index contributed by atoms with van der Waals surface area (Å²) in [7, 11) is 0. The van der Waals surface area contributed by atoms with Crippen LogP contribution in [-0.2, 0) is 11.3 Å². The fourth-order valence-corrected chi connectivity index (χ4v) is 2.82. The molecule has 3 rings (SSSR count). The van der Waals surface area contributed by atoms with Gasteiger partial charge in [-0.25, -0.2) is 4.98 Å². The molecular formula is C17H17N3OS. The number of rotatable bonds is 4. The molecule has 4 nitrogen and oxygen atoms in total. The molecule has 1 aromatic heterocycles. The Balaban J connectivity index is 1.76. The van der Waals surface area contributed by atoms with Crippen molar-refractivity contribution in [3.05, 3.63) is 54.4 Å². The average Bonchev–Trinajstić information content (AvgIpc) is 2.84. The highest BCUT2D eigenvalue weighted by Crippen LogP contribution is 2.18. The molecule has 0 atom stereocenters. The third-order valence-corrected chi connectivity index (χ3v) is 4.26. The number of aryl methyl sites for hydroxylation is 1. The maximum atomic E-state index is 12.3. The summed E-state index contributed by atoms with van der Waals surface area (Å²) in [6.45, 7) is 2.18. The first-order valence-electron chi connectivity index (χ1n) is 7.03. The highest BCUT2D eigenvalue weighted by molar-refractivity contribution is 7.98. The van der Waals surface area contributed by atoms with E-state index < -0.39 is 0 Å². The zero-order valence-corrected chi connectivity index (χ0v) is 13.4. The van der Waals surface area contributed by atoms with Crippen LogP contribution in [0.1, 0.15) is 5.82 Å². The van der Waals surface area contributed by atoms with Crippen LogP contribution in [0.3, 0.4) is 0 Å². The van der Waals surface area contributed by atoms with Gasteiger partial charge in [0.2, 0.25) is 5.91 Å². The largest absolute Gasteiger partial charge is 0.325 e. The van der Waals surface area contributed by atoms with Crippen LogP contribution in [0.25, 0.3) is 11.0 Å². The average molecular weight is 311 g/mol. The maximum absolute atomic E-state index is 12.3. The number of fused-ring (bicyclic) bond motifs is 1. The van der Waals surface area contributed by atoms with E-state index in [1.54, 1.807) is 11.8 Å². The molecule has 3 aromatic rings. The lowest BCUT2D eigenvalue weighted by Gasteiger charge is -2.08. The minimum Gasteiger partial charge on any atom is -0.325 e. The lowest BCUT2D eigenvalue weighted by molar-refractivity contribution is -0.116. The summed E-state index contributed by atoms with van der Waals surface area (Å²) >= 11 is 1.68. The summed E-state index contributed by atoms with van der Waals surface area (Å²) in [4.78, 5) is 17.9. The standard InChI is InChI=1S/C17H17N3OS/c1-12-18-15-5-3-4-6-16(15)20(12)11-17(21)19-13-7-9-14(22-2)10-8-13/h3-10H,11H2,1-2H3,(H,19,21). The third kappa shape index (κ3) is 2.99. The normalized spacial score (nSPS) is 10.8. The number of hydrogen-bond donors (Lipinski definition) is 1. The Hall–Kier alpha value is -2.27. The van der Waals surface area contributed by atoms with Crippen LogP contribution in [0.4, 0.5) is 5.69 Å². The van der Waals surface area contributed by atoms with E-state index in [1.165, 1.54) is 4.90 Å². The van der Waals surface area contributed by atoms with Crippen LogP contribution in [0.5, 0.6) is 0 Å². The molecule has 112 valence electrons. The molecule has 0 fully saturated rings. The van der Waals surface area contributed by atoms with Crippen LogP contribution < -0.4 is 5.32 Å². The van der Waals surface area contributed by atoms with Crippen molar-refractivity contribution in [3.63, 3.8) is 0 Å². The van der Waals surface area contributed by atoms with E-state index in [1.807, 2.05) is 66.3 Å². The number of aromatic nitrogens is 2. The zero-order chi connectivity index (χ0) is 15.5. The van der Waals surface area contributed by atoms with Gasteiger partial charge < -0.3 is 9.88 Å². The molecule has 0 saturated carbocycles. The molecule has 22 heavy (non-hydrogen) atoms. The number of carbonyl (C=O) groups is 1. The second-order valence-corrected chi connectivity index (χ2v) is 5.89. The van der Waals surface area contributed by atoms with E-state index in [0.29, 0.717) is 0 Å². The summed E-state index contributed by atoms with van der Waals surface area (Å²) in [6.07, 6.45) is 2.03. The van der Waals surface area contributed by atoms with Crippen molar-refractivity contribution in [2.75, 3.05) is 11.6 Å². The molecule has 0 aliphatic heterocycles. The molecule has 1 heterocycles. The predicted octanol–water partition coefficient (Wildman–Crippen LogP) is 3.71. The SMILES string of the molecule is CSc1ccc(NC(=O)Cn2c(C)nc3ccccc32)cc1. The Bertz CT molecular complexity index is 808. The lowest BCUT2D eigenvalue weighted by atomic mass is 10.3. The quantitative estimate of drug-likeness (QED) is 0.747. The summed E-state index contributed by atoms with van der Waals surface area (Å²) < 4.78 is 1.93. The number of benzene rings is 2. The molecule has 0 radical (unpaired) electrons. The lowest BCUT2D eigenvalue weighted by Crippen LogP contribution is -2.19. The molecule has 1 N–H and O–H groups in total. The first kappa shape index (κ1) is 14.7. The molecule has 1 amide bonds. The third-order valence-electron chi connectivity index (χ3n) is 3.52. The van der Waals surface area contributed by atoms with Gasteiger partial charge in [-0.1, -0.05) is 12.1 Å². The number of nitrogens with one attached hydrogen (secondary N) is 1. The van der Waals surface area contributed by atoms with Crippen molar-refractivity contribution >= 4 is 34.4 Å². The number of thioether (sulfide) groups is 1. The van der Waals surface area contributed by atoms with E-state index in [9.17, 15) is 4.79 Å². The molecule has 0 bridgehead atoms. The number of nitrogens with zero attached hydrogens (tertiary/aromatic N) is 2. The predicted molar refractivity (Wildman–Crippen MR) is 91.3 cm³/mol. The smallest absolute Gasteiger partial charge is 0.244 e. The van der Waals surface area contributed by atoms with Gasteiger partial charge in [0, 0.05) is 10.6 Å². The minimum atomic E-state index is -0.0526. The van der Waals surface area contributed by atoms with E-state index >= 15 is 0 Å². The molecule has 0 aliphatic rings. The van der Waals surface area contributed by atoms with Crippen LogP contribution in [0, 0.1) is 6.92 Å². The van der Waals surface area contributed by atoms with Crippen molar-refractivity contribution < 1.29 is 4.79 Å². The number of para-hydroxylation sites is 2. The Morgan fingerprint density at radius 1 is 1.18 bits per heavy atom. The Morgan fingerprint density at radius 2 is 1.91 bits per heavy atom. The van der Waals surface area contributed by atoms with E-state index in [-0.39, 0.29) is 12.5 Å². The molecule has 5 heteroatoms. The molecule has 0 spiro atoms. The molecule has 0 aliphatic carbocycles. The van der Waals surface area contributed by atoms with Crippen LogP contribution in [0.2, 0.25) is 0 Å². The fraction of sp³-hybridized carbons (Fsp3) is 0.176. The van der Waals surface area contributed by atoms with Gasteiger partial charge in [0.25, 0.3) is 0 Å². The van der Waals surface area contributed by atoms with E-state index in [0.717, 1.165) is 22.5 Å². The van der Waals surface area contributed by atoms with Gasteiger partial charge in [-0.2, -0.15) is 0 Å². The van der Waals surface area contributed by atoms with Crippen LogP contribution in [-0.4, -0.2) is 21.7 Å². The van der Waals surface area contributed by atoms with Gasteiger partial charge >= 0.3 is 0 Å². The second-order valence-electron chi connectivity index (χ2n) is 5.01. The fourth-order valence-electron chi connectivity index (χ4n) is 2.41. The van der Waals surface area contributed by atoms with Crippen LogP contribution in [0.15, 0.2) is 53.4 Å². The Morgan fingerprint density at radius 3 is 2.64 bits per heavy atom. The second kappa shape index (κ2) is 6.23. The van der Waals surface area contributed by atoms with Gasteiger partial charge in [0.05, 0.1) is 11.0 Å². The van der Waals surface area contributed by atoms with Crippen molar-refractivity contribution in [1.82, 2.24) is 9.55 Å². The maximum Gasteiger partial charge on any atom is 0.244 e. The van der Waals surface area contributed by atoms with Crippen molar-refractivity contribution in [3.8, 4) is 0 Å².